The van der Waals surface area contributed by atoms with Crippen molar-refractivity contribution < 1.29 is 23.8 Å². The number of non-ortho nitro benzene ring substituents is 1. The lowest BCUT2D eigenvalue weighted by atomic mass is 10.2. The van der Waals surface area contributed by atoms with E-state index >= 15 is 0 Å². The molecule has 23 heavy (non-hydrogen) atoms. The molecule has 0 fully saturated rings. The molecular weight excluding hydrogens is 306 g/mol. The van der Waals surface area contributed by atoms with Crippen molar-refractivity contribution in [3.8, 4) is 0 Å². The molecule has 1 aromatic carbocycles. The van der Waals surface area contributed by atoms with Gasteiger partial charge in [0.1, 0.15) is 5.76 Å². The van der Waals surface area contributed by atoms with Gasteiger partial charge >= 0.3 is 5.97 Å². The zero-order chi connectivity index (χ0) is 17.0. The fraction of sp³-hybridized carbons (Fsp3) is 0.214. The van der Waals surface area contributed by atoms with Crippen LogP contribution in [0.3, 0.4) is 0 Å². The number of anilines is 1. The molecule has 9 nitrogen and oxygen atoms in total. The molecule has 2 rings (SSSR count). The highest BCUT2D eigenvalue weighted by atomic mass is 16.6. The van der Waals surface area contributed by atoms with Crippen molar-refractivity contribution in [1.29, 1.82) is 0 Å². The van der Waals surface area contributed by atoms with Crippen LogP contribution in [-0.2, 0) is 9.53 Å². The van der Waals surface area contributed by atoms with E-state index in [9.17, 15) is 19.7 Å². The zero-order valence-corrected chi connectivity index (χ0v) is 12.3. The Morgan fingerprint density at radius 3 is 2.52 bits per heavy atom. The number of carbonyl (C=O) groups is 2. The molecule has 9 heteroatoms. The van der Waals surface area contributed by atoms with E-state index in [4.69, 9.17) is 9.26 Å². The SMILES string of the molecule is Cc1cc(NC(=O)[C@@H](C)OC(=O)c2ccc([N+](=O)[O-])cc2)no1. The Bertz CT molecular complexity index is 737. The van der Waals surface area contributed by atoms with Gasteiger partial charge in [0.05, 0.1) is 10.5 Å². The van der Waals surface area contributed by atoms with Crippen LogP contribution in [0.5, 0.6) is 0 Å². The summed E-state index contributed by atoms with van der Waals surface area (Å²) >= 11 is 0. The molecule has 120 valence electrons. The number of ether oxygens (including phenoxy) is 1. The lowest BCUT2D eigenvalue weighted by molar-refractivity contribution is -0.384. The summed E-state index contributed by atoms with van der Waals surface area (Å²) in [5.41, 5.74) is -0.0405. The van der Waals surface area contributed by atoms with Crippen molar-refractivity contribution in [2.45, 2.75) is 20.0 Å². The Kier molecular flexibility index (Phi) is 4.69. The van der Waals surface area contributed by atoms with Crippen molar-refractivity contribution in [3.63, 3.8) is 0 Å². The average Bonchev–Trinajstić information content (AvgIpc) is 2.92. The number of nitrogens with zero attached hydrogens (tertiary/aromatic N) is 2. The van der Waals surface area contributed by atoms with Gasteiger partial charge in [-0.1, -0.05) is 5.16 Å². The minimum atomic E-state index is -1.07. The highest BCUT2D eigenvalue weighted by Crippen LogP contribution is 2.14. The van der Waals surface area contributed by atoms with Gasteiger partial charge in [-0.2, -0.15) is 0 Å². The predicted molar refractivity (Wildman–Crippen MR) is 77.8 cm³/mol. The number of nitro groups is 1. The molecule has 1 N–H and O–H groups in total. The van der Waals surface area contributed by atoms with E-state index in [1.54, 1.807) is 6.92 Å². The minimum Gasteiger partial charge on any atom is -0.449 e. The molecule has 0 aliphatic rings. The van der Waals surface area contributed by atoms with Crippen LogP contribution in [0.25, 0.3) is 0 Å². The number of benzene rings is 1. The normalized spacial score (nSPS) is 11.6. The van der Waals surface area contributed by atoms with Crippen LogP contribution in [0, 0.1) is 17.0 Å². The number of hydrogen-bond donors (Lipinski definition) is 1. The van der Waals surface area contributed by atoms with Gasteiger partial charge in [0, 0.05) is 18.2 Å². The molecule has 0 saturated heterocycles. The second-order valence-corrected chi connectivity index (χ2v) is 4.66. The quantitative estimate of drug-likeness (QED) is 0.508. The van der Waals surface area contributed by atoms with Crippen LogP contribution in [0.4, 0.5) is 11.5 Å². The lowest BCUT2D eigenvalue weighted by Gasteiger charge is -2.12. The molecule has 1 amide bonds. The van der Waals surface area contributed by atoms with Gasteiger partial charge < -0.3 is 14.6 Å². The van der Waals surface area contributed by atoms with Crippen molar-refractivity contribution >= 4 is 23.4 Å². The van der Waals surface area contributed by atoms with Crippen molar-refractivity contribution in [3.05, 3.63) is 51.8 Å². The van der Waals surface area contributed by atoms with Gasteiger partial charge in [-0.05, 0) is 26.0 Å². The largest absolute Gasteiger partial charge is 0.449 e. The van der Waals surface area contributed by atoms with Crippen molar-refractivity contribution in [1.82, 2.24) is 5.16 Å². The first-order valence-electron chi connectivity index (χ1n) is 6.56. The Hall–Kier alpha value is -3.23. The van der Waals surface area contributed by atoms with Crippen molar-refractivity contribution in [2.24, 2.45) is 0 Å². The van der Waals surface area contributed by atoms with Gasteiger partial charge in [-0.15, -0.1) is 0 Å². The molecule has 1 heterocycles. The molecule has 2 aromatic rings. The Labute approximate surface area is 130 Å². The molecule has 0 unspecified atom stereocenters. The smallest absolute Gasteiger partial charge is 0.338 e. The number of carbonyl (C=O) groups excluding carboxylic acids is 2. The highest BCUT2D eigenvalue weighted by Gasteiger charge is 2.20. The van der Waals surface area contributed by atoms with Gasteiger partial charge in [-0.25, -0.2) is 4.79 Å². The number of esters is 1. The summed E-state index contributed by atoms with van der Waals surface area (Å²) in [4.78, 5) is 33.7. The average molecular weight is 319 g/mol. The maximum atomic E-state index is 11.9. The second-order valence-electron chi connectivity index (χ2n) is 4.66. The van der Waals surface area contributed by atoms with Gasteiger partial charge in [-0.3, -0.25) is 14.9 Å². The fourth-order valence-corrected chi connectivity index (χ4v) is 1.65. The molecule has 0 bridgehead atoms. The highest BCUT2D eigenvalue weighted by molar-refractivity contribution is 5.96. The fourth-order valence-electron chi connectivity index (χ4n) is 1.65. The first kappa shape index (κ1) is 16.1. The van der Waals surface area contributed by atoms with E-state index in [-0.39, 0.29) is 17.1 Å². The Balaban J connectivity index is 1.95. The third kappa shape index (κ3) is 4.13. The number of hydrogen-bond acceptors (Lipinski definition) is 7. The van der Waals surface area contributed by atoms with Crippen LogP contribution in [0.1, 0.15) is 23.0 Å². The number of nitrogens with one attached hydrogen (secondary N) is 1. The van der Waals surface area contributed by atoms with Gasteiger partial charge in [0.25, 0.3) is 11.6 Å². The summed E-state index contributed by atoms with van der Waals surface area (Å²) in [6.45, 7) is 3.06. The number of amides is 1. The summed E-state index contributed by atoms with van der Waals surface area (Å²) in [7, 11) is 0. The maximum Gasteiger partial charge on any atom is 0.338 e. The molecule has 0 aliphatic heterocycles. The minimum absolute atomic E-state index is 0.104. The van der Waals surface area contributed by atoms with Crippen LogP contribution in [0.15, 0.2) is 34.9 Å². The second kappa shape index (κ2) is 6.69. The molecular formula is C14H13N3O6. The van der Waals surface area contributed by atoms with E-state index in [0.717, 1.165) is 0 Å². The van der Waals surface area contributed by atoms with Crippen LogP contribution in [-0.4, -0.2) is 28.1 Å². The van der Waals surface area contributed by atoms with E-state index in [1.165, 1.54) is 37.3 Å². The topological polar surface area (TPSA) is 125 Å². The Morgan fingerprint density at radius 2 is 2.00 bits per heavy atom. The van der Waals surface area contributed by atoms with E-state index in [0.29, 0.717) is 5.76 Å². The monoisotopic (exact) mass is 319 g/mol. The van der Waals surface area contributed by atoms with Gasteiger partial charge in [0.15, 0.2) is 11.9 Å². The first-order chi connectivity index (χ1) is 10.9. The summed E-state index contributed by atoms with van der Waals surface area (Å²) < 4.78 is 9.80. The Morgan fingerprint density at radius 1 is 1.35 bits per heavy atom. The van der Waals surface area contributed by atoms with Gasteiger partial charge in [0.2, 0.25) is 0 Å². The molecule has 0 radical (unpaired) electrons. The molecule has 0 aliphatic carbocycles. The van der Waals surface area contributed by atoms with E-state index in [1.807, 2.05) is 0 Å². The van der Waals surface area contributed by atoms with Crippen molar-refractivity contribution in [2.75, 3.05) is 5.32 Å². The molecule has 1 atom stereocenters. The number of nitro benzene ring substituents is 1. The predicted octanol–water partition coefficient (Wildman–Crippen LogP) is 2.08. The third-order valence-electron chi connectivity index (χ3n) is 2.85. The third-order valence-corrected chi connectivity index (χ3v) is 2.85. The summed E-state index contributed by atoms with van der Waals surface area (Å²) in [6, 6.07) is 6.39. The summed E-state index contributed by atoms with van der Waals surface area (Å²) in [5.74, 6) is -0.603. The zero-order valence-electron chi connectivity index (χ0n) is 12.3. The van der Waals surface area contributed by atoms with E-state index in [2.05, 4.69) is 10.5 Å². The molecule has 1 aromatic heterocycles. The summed E-state index contributed by atoms with van der Waals surface area (Å²) in [5, 5.41) is 16.6. The van der Waals surface area contributed by atoms with Crippen LogP contribution >= 0.6 is 0 Å². The van der Waals surface area contributed by atoms with Crippen LogP contribution in [0.2, 0.25) is 0 Å². The standard InChI is InChI=1S/C14H13N3O6/c1-8-7-12(16-23-8)15-13(18)9(2)22-14(19)10-3-5-11(6-4-10)17(20)21/h3-7,9H,1-2H3,(H,15,16,18)/t9-/m1/s1. The maximum absolute atomic E-state index is 11.9. The first-order valence-corrected chi connectivity index (χ1v) is 6.56. The molecule has 0 saturated carbocycles. The van der Waals surface area contributed by atoms with E-state index < -0.39 is 22.9 Å². The number of aromatic nitrogens is 1. The van der Waals surface area contributed by atoms with Crippen LogP contribution < -0.4 is 5.32 Å². The lowest BCUT2D eigenvalue weighted by Crippen LogP contribution is -2.30. The number of rotatable bonds is 5. The number of aryl methyl sites for hydroxylation is 1. The summed E-state index contributed by atoms with van der Waals surface area (Å²) in [6.07, 6.45) is -1.07. The molecule has 0 spiro atoms.